The molecule has 2 rings (SSSR count). The van der Waals surface area contributed by atoms with Gasteiger partial charge in [-0.15, -0.1) is 0 Å². The van der Waals surface area contributed by atoms with Gasteiger partial charge in [-0.1, -0.05) is 6.92 Å². The number of carbonyl (C=O) groups excluding carboxylic acids is 3. The van der Waals surface area contributed by atoms with E-state index in [2.05, 4.69) is 17.1 Å². The molecule has 4 amide bonds. The molecule has 0 aromatic heterocycles. The number of rotatable bonds is 3. The van der Waals surface area contributed by atoms with Crippen molar-refractivity contribution >= 4 is 17.8 Å². The molecule has 1 unspecified atom stereocenters. The summed E-state index contributed by atoms with van der Waals surface area (Å²) in [6, 6.07) is -0.568. The van der Waals surface area contributed by atoms with Crippen LogP contribution in [-0.4, -0.2) is 53.8 Å². The van der Waals surface area contributed by atoms with E-state index in [0.29, 0.717) is 12.5 Å². The van der Waals surface area contributed by atoms with Gasteiger partial charge in [-0.2, -0.15) is 0 Å². The van der Waals surface area contributed by atoms with E-state index in [9.17, 15) is 14.4 Å². The van der Waals surface area contributed by atoms with Crippen molar-refractivity contribution in [1.29, 1.82) is 0 Å². The van der Waals surface area contributed by atoms with Crippen LogP contribution >= 0.6 is 0 Å². The summed E-state index contributed by atoms with van der Waals surface area (Å²) in [6.45, 7) is 5.45. The smallest absolute Gasteiger partial charge is 0.303 e. The third kappa shape index (κ3) is 2.63. The van der Waals surface area contributed by atoms with Gasteiger partial charge in [0.25, 0.3) is 0 Å². The molecule has 17 heavy (non-hydrogen) atoms. The Bertz CT molecular complexity index is 336. The van der Waals surface area contributed by atoms with E-state index >= 15 is 0 Å². The van der Waals surface area contributed by atoms with Crippen molar-refractivity contribution in [3.8, 4) is 0 Å². The third-order valence-corrected chi connectivity index (χ3v) is 3.36. The Hall–Kier alpha value is -1.43. The molecule has 2 heterocycles. The zero-order chi connectivity index (χ0) is 12.4. The van der Waals surface area contributed by atoms with E-state index in [-0.39, 0.29) is 12.3 Å². The highest BCUT2D eigenvalue weighted by atomic mass is 16.2. The number of barbiturate groups is 1. The van der Waals surface area contributed by atoms with Crippen molar-refractivity contribution in [2.45, 2.75) is 19.8 Å². The molecule has 2 aliphatic rings. The summed E-state index contributed by atoms with van der Waals surface area (Å²) in [5.41, 5.74) is 0. The summed E-state index contributed by atoms with van der Waals surface area (Å²) >= 11 is 0. The predicted octanol–water partition coefficient (Wildman–Crippen LogP) is -0.203. The number of hydrogen-bond donors (Lipinski definition) is 1. The van der Waals surface area contributed by atoms with E-state index < -0.39 is 11.9 Å². The Labute approximate surface area is 99.9 Å². The second-order valence-electron chi connectivity index (χ2n) is 4.58. The van der Waals surface area contributed by atoms with Crippen LogP contribution in [0.1, 0.15) is 19.8 Å². The van der Waals surface area contributed by atoms with Crippen LogP contribution in [-0.2, 0) is 9.59 Å². The fraction of sp³-hybridized carbons (Fsp3) is 0.727. The molecule has 94 valence electrons. The standard InChI is InChI=1S/C11H17N3O3/c1-2-13-4-3-8(6-13)7-14-10(16)5-9(15)12-11(14)17/h8H,2-7H2,1H3,(H,12,15,17). The number of nitrogens with zero attached hydrogens (tertiary/aromatic N) is 2. The van der Waals surface area contributed by atoms with Crippen LogP contribution in [0, 0.1) is 5.92 Å². The highest BCUT2D eigenvalue weighted by Crippen LogP contribution is 2.18. The van der Waals surface area contributed by atoms with Gasteiger partial charge < -0.3 is 4.90 Å². The van der Waals surface area contributed by atoms with E-state index in [0.717, 1.165) is 26.1 Å². The van der Waals surface area contributed by atoms with Crippen LogP contribution in [0.15, 0.2) is 0 Å². The predicted molar refractivity (Wildman–Crippen MR) is 60.1 cm³/mol. The van der Waals surface area contributed by atoms with Gasteiger partial charge in [0, 0.05) is 13.1 Å². The molecule has 0 saturated carbocycles. The number of carbonyl (C=O) groups is 3. The molecule has 6 nitrogen and oxygen atoms in total. The molecule has 1 N–H and O–H groups in total. The van der Waals surface area contributed by atoms with Crippen molar-refractivity contribution in [2.24, 2.45) is 5.92 Å². The fourth-order valence-corrected chi connectivity index (χ4v) is 2.37. The quantitative estimate of drug-likeness (QED) is 0.692. The first-order chi connectivity index (χ1) is 8.10. The molecule has 0 radical (unpaired) electrons. The topological polar surface area (TPSA) is 69.7 Å². The molecule has 0 aromatic carbocycles. The van der Waals surface area contributed by atoms with Gasteiger partial charge in [0.15, 0.2) is 0 Å². The Kier molecular flexibility index (Phi) is 3.42. The third-order valence-electron chi connectivity index (χ3n) is 3.36. The molecule has 0 aliphatic carbocycles. The molecule has 0 spiro atoms. The number of likely N-dealkylation sites (tertiary alicyclic amines) is 1. The normalized spacial score (nSPS) is 26.5. The Morgan fingerprint density at radius 2 is 2.12 bits per heavy atom. The molecule has 0 aromatic rings. The molecule has 2 fully saturated rings. The summed E-state index contributed by atoms with van der Waals surface area (Å²) in [6.07, 6.45) is 0.787. The maximum Gasteiger partial charge on any atom is 0.330 e. The number of imide groups is 2. The van der Waals surface area contributed by atoms with E-state index in [4.69, 9.17) is 0 Å². The highest BCUT2D eigenvalue weighted by molar-refractivity contribution is 6.14. The lowest BCUT2D eigenvalue weighted by atomic mass is 10.1. The molecule has 1 atom stereocenters. The fourth-order valence-electron chi connectivity index (χ4n) is 2.37. The first-order valence-corrected chi connectivity index (χ1v) is 5.96. The van der Waals surface area contributed by atoms with Crippen LogP contribution < -0.4 is 5.32 Å². The summed E-state index contributed by atoms with van der Waals surface area (Å²) in [5.74, 6) is -0.551. The van der Waals surface area contributed by atoms with Crippen LogP contribution in [0.2, 0.25) is 0 Å². The minimum atomic E-state index is -0.568. The summed E-state index contributed by atoms with van der Waals surface area (Å²) in [4.78, 5) is 37.5. The zero-order valence-electron chi connectivity index (χ0n) is 9.94. The van der Waals surface area contributed by atoms with Gasteiger partial charge in [-0.05, 0) is 25.4 Å². The highest BCUT2D eigenvalue weighted by Gasteiger charge is 2.33. The Morgan fingerprint density at radius 1 is 1.35 bits per heavy atom. The van der Waals surface area contributed by atoms with Crippen molar-refractivity contribution < 1.29 is 14.4 Å². The SMILES string of the molecule is CCN1CCC(CN2C(=O)CC(=O)NC2=O)C1. The second-order valence-corrected chi connectivity index (χ2v) is 4.58. The first-order valence-electron chi connectivity index (χ1n) is 5.96. The lowest BCUT2D eigenvalue weighted by Gasteiger charge is -2.27. The lowest BCUT2D eigenvalue weighted by molar-refractivity contribution is -0.136. The first kappa shape index (κ1) is 12.0. The number of nitrogens with one attached hydrogen (secondary N) is 1. The number of amides is 4. The average Bonchev–Trinajstić information content (AvgIpc) is 2.71. The van der Waals surface area contributed by atoms with Crippen molar-refractivity contribution in [1.82, 2.24) is 15.1 Å². The summed E-state index contributed by atoms with van der Waals surface area (Å²) in [5, 5.41) is 2.17. The molecule has 2 aliphatic heterocycles. The van der Waals surface area contributed by atoms with Crippen LogP contribution in [0.25, 0.3) is 0 Å². The van der Waals surface area contributed by atoms with Gasteiger partial charge in [0.2, 0.25) is 11.8 Å². The van der Waals surface area contributed by atoms with Gasteiger partial charge in [0.05, 0.1) is 0 Å². The van der Waals surface area contributed by atoms with E-state index in [1.54, 1.807) is 0 Å². The Balaban J connectivity index is 1.92. The van der Waals surface area contributed by atoms with Crippen LogP contribution in [0.4, 0.5) is 4.79 Å². The average molecular weight is 239 g/mol. The van der Waals surface area contributed by atoms with Crippen LogP contribution in [0.5, 0.6) is 0 Å². The molecule has 0 bridgehead atoms. The summed E-state index contributed by atoms with van der Waals surface area (Å²) in [7, 11) is 0. The van der Waals surface area contributed by atoms with Crippen molar-refractivity contribution in [2.75, 3.05) is 26.2 Å². The summed E-state index contributed by atoms with van der Waals surface area (Å²) < 4.78 is 0. The van der Waals surface area contributed by atoms with Gasteiger partial charge in [-0.3, -0.25) is 19.8 Å². The number of hydrogen-bond acceptors (Lipinski definition) is 4. The lowest BCUT2D eigenvalue weighted by Crippen LogP contribution is -2.54. The monoisotopic (exact) mass is 239 g/mol. The van der Waals surface area contributed by atoms with E-state index in [1.165, 1.54) is 4.90 Å². The largest absolute Gasteiger partial charge is 0.330 e. The molecular formula is C11H17N3O3. The maximum atomic E-state index is 11.6. The van der Waals surface area contributed by atoms with E-state index in [1.807, 2.05) is 0 Å². The van der Waals surface area contributed by atoms with Crippen molar-refractivity contribution in [3.63, 3.8) is 0 Å². The number of urea groups is 1. The van der Waals surface area contributed by atoms with Gasteiger partial charge in [-0.25, -0.2) is 4.79 Å². The minimum absolute atomic E-state index is 0.212. The minimum Gasteiger partial charge on any atom is -0.303 e. The molecular weight excluding hydrogens is 222 g/mol. The van der Waals surface area contributed by atoms with Crippen LogP contribution in [0.3, 0.4) is 0 Å². The zero-order valence-corrected chi connectivity index (χ0v) is 9.94. The van der Waals surface area contributed by atoms with Crippen molar-refractivity contribution in [3.05, 3.63) is 0 Å². The molecule has 6 heteroatoms. The maximum absolute atomic E-state index is 11.6. The van der Waals surface area contributed by atoms with Gasteiger partial charge >= 0.3 is 6.03 Å². The van der Waals surface area contributed by atoms with Gasteiger partial charge in [0.1, 0.15) is 6.42 Å². The Morgan fingerprint density at radius 3 is 2.71 bits per heavy atom. The molecule has 2 saturated heterocycles. The second kappa shape index (κ2) is 4.83.